The van der Waals surface area contributed by atoms with E-state index in [0.29, 0.717) is 4.68 Å². The number of pyridine rings is 1. The van der Waals surface area contributed by atoms with Crippen molar-refractivity contribution in [1.82, 2.24) is 24.1 Å². The van der Waals surface area contributed by atoms with Crippen LogP contribution in [0.3, 0.4) is 0 Å². The standard InChI is InChI=1S/C18H13Cl2F2N5O7S/c19-9-1-7(27-18(31)24-17(30)14(25-27)16(21)22)2-10(20)15(9)34-13-3-12(11(29)4-23-13)35(32,33)26-5-8(28)6-26/h1-4,8,16,28-29H,5-6H2,(H,24,30,31). The van der Waals surface area contributed by atoms with Crippen LogP contribution in [0.4, 0.5) is 8.78 Å². The number of aliphatic hydroxyl groups excluding tert-OH is 1. The molecule has 3 heterocycles. The molecule has 0 aliphatic carbocycles. The number of hydrogen-bond donors (Lipinski definition) is 3. The summed E-state index contributed by atoms with van der Waals surface area (Å²) >= 11 is 12.4. The van der Waals surface area contributed by atoms with Gasteiger partial charge in [-0.3, -0.25) is 9.78 Å². The normalized spacial score (nSPS) is 14.8. The number of aliphatic hydroxyl groups is 1. The molecule has 0 saturated carbocycles. The minimum Gasteiger partial charge on any atom is -0.505 e. The number of H-pyrrole nitrogens is 1. The van der Waals surface area contributed by atoms with Crippen molar-refractivity contribution in [2.24, 2.45) is 0 Å². The van der Waals surface area contributed by atoms with E-state index in [9.17, 15) is 37.0 Å². The maximum Gasteiger partial charge on any atom is 0.349 e. The van der Waals surface area contributed by atoms with E-state index in [2.05, 4.69) is 10.1 Å². The average molecular weight is 552 g/mol. The Hall–Kier alpha value is -3.11. The second kappa shape index (κ2) is 9.16. The van der Waals surface area contributed by atoms with Crippen molar-refractivity contribution < 1.29 is 32.1 Å². The number of aromatic amines is 1. The van der Waals surface area contributed by atoms with Crippen LogP contribution in [0.25, 0.3) is 5.69 Å². The molecule has 1 aliphatic rings. The zero-order chi connectivity index (χ0) is 25.7. The van der Waals surface area contributed by atoms with Crippen molar-refractivity contribution in [2.75, 3.05) is 13.1 Å². The van der Waals surface area contributed by atoms with E-state index in [-0.39, 0.29) is 40.5 Å². The first-order chi connectivity index (χ1) is 16.4. The summed E-state index contributed by atoms with van der Waals surface area (Å²) in [4.78, 5) is 28.5. The Bertz CT molecular complexity index is 1520. The predicted octanol–water partition coefficient (Wildman–Crippen LogP) is 1.42. The van der Waals surface area contributed by atoms with E-state index in [1.165, 1.54) is 0 Å². The first kappa shape index (κ1) is 25.0. The molecule has 1 saturated heterocycles. The van der Waals surface area contributed by atoms with Gasteiger partial charge in [0.15, 0.2) is 17.2 Å². The number of aromatic nitrogens is 4. The van der Waals surface area contributed by atoms with E-state index in [1.54, 1.807) is 4.98 Å². The molecule has 0 radical (unpaired) electrons. The zero-order valence-corrected chi connectivity index (χ0v) is 19.4. The largest absolute Gasteiger partial charge is 0.505 e. The van der Waals surface area contributed by atoms with Crippen LogP contribution in [0, 0.1) is 0 Å². The Labute approximate surface area is 204 Å². The second-order valence-electron chi connectivity index (χ2n) is 7.16. The molecule has 0 atom stereocenters. The molecule has 0 spiro atoms. The fourth-order valence-electron chi connectivity index (χ4n) is 3.03. The molecule has 1 fully saturated rings. The predicted molar refractivity (Wildman–Crippen MR) is 116 cm³/mol. The number of alkyl halides is 2. The monoisotopic (exact) mass is 551 g/mol. The number of β-amino-alcohol motifs (C(OH)–C–C–N with tert-alkyl or cyclic N) is 1. The number of ether oxygens (including phenoxy) is 1. The fourth-order valence-corrected chi connectivity index (χ4v) is 5.16. The lowest BCUT2D eigenvalue weighted by molar-refractivity contribution is 0.0546. The van der Waals surface area contributed by atoms with Gasteiger partial charge in [-0.05, 0) is 12.1 Å². The molecule has 0 unspecified atom stereocenters. The zero-order valence-electron chi connectivity index (χ0n) is 17.0. The topological polar surface area (TPSA) is 168 Å². The van der Waals surface area contributed by atoms with E-state index in [4.69, 9.17) is 27.9 Å². The number of halogens is 4. The maximum absolute atomic E-state index is 13.0. The molecular weight excluding hydrogens is 539 g/mol. The van der Waals surface area contributed by atoms with Gasteiger partial charge >= 0.3 is 5.69 Å². The van der Waals surface area contributed by atoms with Crippen LogP contribution in [0.5, 0.6) is 17.4 Å². The van der Waals surface area contributed by atoms with Crippen molar-refractivity contribution in [3.63, 3.8) is 0 Å². The Morgan fingerprint density at radius 3 is 2.37 bits per heavy atom. The minimum atomic E-state index is -4.16. The number of nitrogens with one attached hydrogen (secondary N) is 1. The summed E-state index contributed by atoms with van der Waals surface area (Å²) in [5.74, 6) is -1.24. The van der Waals surface area contributed by atoms with Crippen LogP contribution < -0.4 is 16.0 Å². The molecule has 0 amide bonds. The third-order valence-corrected chi connectivity index (χ3v) is 7.18. The van der Waals surface area contributed by atoms with Gasteiger partial charge in [-0.2, -0.15) is 14.1 Å². The van der Waals surface area contributed by atoms with Gasteiger partial charge in [0.25, 0.3) is 12.0 Å². The second-order valence-corrected chi connectivity index (χ2v) is 9.88. The van der Waals surface area contributed by atoms with Gasteiger partial charge in [-0.25, -0.2) is 27.0 Å². The molecule has 35 heavy (non-hydrogen) atoms. The van der Waals surface area contributed by atoms with Gasteiger partial charge in [0.05, 0.1) is 28.0 Å². The summed E-state index contributed by atoms with van der Waals surface area (Å²) < 4.78 is 58.2. The van der Waals surface area contributed by atoms with Crippen LogP contribution in [0.2, 0.25) is 10.0 Å². The molecule has 4 rings (SSSR count). The number of aromatic hydroxyl groups is 1. The lowest BCUT2D eigenvalue weighted by atomic mass is 10.2. The molecule has 2 aromatic heterocycles. The van der Waals surface area contributed by atoms with Crippen molar-refractivity contribution in [1.29, 1.82) is 0 Å². The number of rotatable bonds is 6. The lowest BCUT2D eigenvalue weighted by Crippen LogP contribution is -2.53. The summed E-state index contributed by atoms with van der Waals surface area (Å²) in [5, 5.41) is 22.2. The van der Waals surface area contributed by atoms with Crippen molar-refractivity contribution >= 4 is 33.2 Å². The maximum atomic E-state index is 13.0. The van der Waals surface area contributed by atoms with Crippen LogP contribution >= 0.6 is 23.2 Å². The van der Waals surface area contributed by atoms with Crippen LogP contribution in [0.1, 0.15) is 12.1 Å². The fraction of sp³-hybridized carbons (Fsp3) is 0.222. The smallest absolute Gasteiger partial charge is 0.349 e. The molecule has 3 N–H and O–H groups in total. The third-order valence-electron chi connectivity index (χ3n) is 4.76. The summed E-state index contributed by atoms with van der Waals surface area (Å²) in [6.45, 7) is -0.296. The summed E-state index contributed by atoms with van der Waals surface area (Å²) in [7, 11) is -4.16. The number of benzene rings is 1. The van der Waals surface area contributed by atoms with E-state index in [1.807, 2.05) is 0 Å². The van der Waals surface area contributed by atoms with Gasteiger partial charge in [0, 0.05) is 19.2 Å². The Morgan fingerprint density at radius 1 is 1.17 bits per heavy atom. The first-order valence-electron chi connectivity index (χ1n) is 9.44. The number of nitrogens with zero attached hydrogens (tertiary/aromatic N) is 4. The first-order valence-corrected chi connectivity index (χ1v) is 11.6. The van der Waals surface area contributed by atoms with Gasteiger partial charge in [-0.15, -0.1) is 0 Å². The summed E-state index contributed by atoms with van der Waals surface area (Å²) in [6.07, 6.45) is -3.25. The van der Waals surface area contributed by atoms with Crippen LogP contribution in [-0.4, -0.2) is 61.9 Å². The lowest BCUT2D eigenvalue weighted by Gasteiger charge is -2.34. The minimum absolute atomic E-state index is 0.148. The quantitative estimate of drug-likeness (QED) is 0.410. The van der Waals surface area contributed by atoms with Crippen molar-refractivity contribution in [3.05, 3.63) is 61.0 Å². The van der Waals surface area contributed by atoms with Gasteiger partial charge in [0.2, 0.25) is 15.9 Å². The Balaban J connectivity index is 1.69. The van der Waals surface area contributed by atoms with Crippen LogP contribution in [0.15, 0.2) is 38.9 Å². The third kappa shape index (κ3) is 4.72. The summed E-state index contributed by atoms with van der Waals surface area (Å²) in [5.41, 5.74) is -3.87. The number of sulfonamides is 1. The van der Waals surface area contributed by atoms with Gasteiger partial charge in [-0.1, -0.05) is 23.2 Å². The average Bonchev–Trinajstić information content (AvgIpc) is 2.74. The highest BCUT2D eigenvalue weighted by atomic mass is 35.5. The molecule has 1 aromatic carbocycles. The summed E-state index contributed by atoms with van der Waals surface area (Å²) in [6, 6.07) is 3.06. The highest BCUT2D eigenvalue weighted by molar-refractivity contribution is 7.89. The van der Waals surface area contributed by atoms with Gasteiger partial charge < -0.3 is 14.9 Å². The molecule has 1 aliphatic heterocycles. The Morgan fingerprint density at radius 2 is 1.80 bits per heavy atom. The van der Waals surface area contributed by atoms with Crippen molar-refractivity contribution in [3.8, 4) is 23.1 Å². The van der Waals surface area contributed by atoms with Gasteiger partial charge in [0.1, 0.15) is 4.90 Å². The van der Waals surface area contributed by atoms with E-state index >= 15 is 0 Å². The molecular formula is C18H13Cl2F2N5O7S. The van der Waals surface area contributed by atoms with Crippen LogP contribution in [-0.2, 0) is 10.0 Å². The molecule has 12 nitrogen and oxygen atoms in total. The van der Waals surface area contributed by atoms with E-state index in [0.717, 1.165) is 28.7 Å². The highest BCUT2D eigenvalue weighted by Crippen LogP contribution is 2.39. The van der Waals surface area contributed by atoms with E-state index < -0.39 is 50.1 Å². The highest BCUT2D eigenvalue weighted by Gasteiger charge is 2.37. The molecule has 3 aromatic rings. The van der Waals surface area contributed by atoms with Crippen molar-refractivity contribution in [2.45, 2.75) is 17.4 Å². The molecule has 0 bridgehead atoms. The number of hydrogen-bond acceptors (Lipinski definition) is 9. The molecule has 17 heteroatoms. The SMILES string of the molecule is O=c1[nH]c(=O)n(-c2cc(Cl)c(Oc3cc(S(=O)(=O)N4CC(O)C4)c(O)cn3)c(Cl)c2)nc1C(F)F. The Kier molecular flexibility index (Phi) is 6.54. The molecule has 186 valence electrons.